The molecule has 1 aromatic carbocycles. The Morgan fingerprint density at radius 3 is 2.46 bits per heavy atom. The number of carbonyl (C=O) groups excluding carboxylic acids is 2. The van der Waals surface area contributed by atoms with E-state index in [2.05, 4.69) is 34.4 Å². The largest absolute Gasteiger partial charge is 0.496 e. The number of aromatic nitrogens is 1. The summed E-state index contributed by atoms with van der Waals surface area (Å²) in [5.41, 5.74) is 0.304. The molecule has 0 aliphatic carbocycles. The molecule has 0 radical (unpaired) electrons. The maximum absolute atomic E-state index is 13.2. The molecule has 2 aromatic rings. The third-order valence-corrected chi connectivity index (χ3v) is 6.07. The smallest absolute Gasteiger partial charge is 0.335 e. The fourth-order valence-corrected chi connectivity index (χ4v) is 4.07. The normalized spacial score (nSPS) is 14.2. The molecule has 1 aromatic heterocycles. The highest BCUT2D eigenvalue weighted by Gasteiger charge is 2.26. The number of carbonyl (C=O) groups is 3. The van der Waals surface area contributed by atoms with Crippen molar-refractivity contribution in [1.82, 2.24) is 15.2 Å². The second-order valence-corrected chi connectivity index (χ2v) is 8.91. The van der Waals surface area contributed by atoms with Crippen LogP contribution in [0.2, 0.25) is 5.02 Å². The predicted octanol–water partition coefficient (Wildman–Crippen LogP) is 3.65. The van der Waals surface area contributed by atoms with Crippen LogP contribution in [0.1, 0.15) is 53.0 Å². The summed E-state index contributed by atoms with van der Waals surface area (Å²) < 4.78 is 5.36. The Morgan fingerprint density at radius 1 is 1.23 bits per heavy atom. The molecule has 3 N–H and O–H groups in total. The van der Waals surface area contributed by atoms with Gasteiger partial charge in [0.1, 0.15) is 11.6 Å². The lowest BCUT2D eigenvalue weighted by atomic mass is 9.97. The number of likely N-dealkylation sites (tertiary alicyclic amines) is 1. The van der Waals surface area contributed by atoms with Gasteiger partial charge in [0, 0.05) is 42.5 Å². The number of hydrogen-bond acceptors (Lipinski definition) is 6. The van der Waals surface area contributed by atoms with E-state index in [1.54, 1.807) is 12.1 Å². The minimum atomic E-state index is -1.20. The molecule has 1 saturated heterocycles. The minimum Gasteiger partial charge on any atom is -0.496 e. The highest BCUT2D eigenvalue weighted by Crippen LogP contribution is 2.27. The van der Waals surface area contributed by atoms with E-state index in [4.69, 9.17) is 16.3 Å². The number of anilines is 1. The van der Waals surface area contributed by atoms with E-state index in [1.807, 2.05) is 0 Å². The monoisotopic (exact) mass is 524 g/mol. The van der Waals surface area contributed by atoms with E-state index >= 15 is 0 Å². The highest BCUT2D eigenvalue weighted by molar-refractivity contribution is 6.30. The van der Waals surface area contributed by atoms with Crippen molar-refractivity contribution >= 4 is 47.6 Å². The lowest BCUT2D eigenvalue weighted by molar-refractivity contribution is -0.115. The highest BCUT2D eigenvalue weighted by atomic mass is 35.5. The van der Waals surface area contributed by atoms with E-state index in [0.717, 1.165) is 25.9 Å². The number of nitrogens with zero attached hydrogens (tertiary/aromatic N) is 2. The van der Waals surface area contributed by atoms with Gasteiger partial charge in [-0.2, -0.15) is 0 Å². The van der Waals surface area contributed by atoms with Crippen LogP contribution in [0.5, 0.6) is 5.75 Å². The number of aromatic carboxylic acids is 1. The van der Waals surface area contributed by atoms with Gasteiger partial charge in [-0.25, -0.2) is 9.78 Å². The van der Waals surface area contributed by atoms with E-state index in [0.29, 0.717) is 22.4 Å². The zero-order valence-electron chi connectivity index (χ0n) is 19.8. The van der Waals surface area contributed by atoms with Crippen LogP contribution in [0.25, 0.3) is 0 Å². The van der Waals surface area contributed by atoms with Gasteiger partial charge in [0.25, 0.3) is 5.91 Å². The maximum Gasteiger partial charge on any atom is 0.335 e. The quantitative estimate of drug-likeness (QED) is 0.481. The Kier molecular flexibility index (Phi) is 10.3. The van der Waals surface area contributed by atoms with Crippen molar-refractivity contribution in [3.05, 3.63) is 52.2 Å². The second-order valence-electron chi connectivity index (χ2n) is 8.47. The predicted molar refractivity (Wildman–Crippen MR) is 136 cm³/mol. The summed E-state index contributed by atoms with van der Waals surface area (Å²) in [6, 6.07) is 6.14. The molecule has 0 saturated carbocycles. The molecule has 2 amide bonds. The summed E-state index contributed by atoms with van der Waals surface area (Å²) in [7, 11) is 1.37. The molecule has 9 nitrogen and oxygen atoms in total. The van der Waals surface area contributed by atoms with E-state index in [1.165, 1.54) is 25.4 Å². The molecular weight excluding hydrogens is 495 g/mol. The van der Waals surface area contributed by atoms with E-state index < -0.39 is 17.8 Å². The van der Waals surface area contributed by atoms with Gasteiger partial charge in [0.05, 0.1) is 24.1 Å². The Balaban J connectivity index is 0.00000432. The summed E-state index contributed by atoms with van der Waals surface area (Å²) in [6.45, 7) is 6.01. The summed E-state index contributed by atoms with van der Waals surface area (Å²) in [6.07, 6.45) is 2.78. The van der Waals surface area contributed by atoms with Crippen LogP contribution in [-0.4, -0.2) is 65.1 Å². The van der Waals surface area contributed by atoms with Crippen molar-refractivity contribution in [1.29, 1.82) is 0 Å². The number of hydrogen-bond donors (Lipinski definition) is 3. The number of amides is 2. The SMILES string of the molecule is COc1cc(C(=O)O)cc(C(=O)NC2CCN(C(C)C)CC2)c1CC(=O)Nc1ccc(Cl)cn1.Cl. The van der Waals surface area contributed by atoms with Crippen LogP contribution in [-0.2, 0) is 11.2 Å². The van der Waals surface area contributed by atoms with Crippen molar-refractivity contribution < 1.29 is 24.2 Å². The molecule has 1 aliphatic rings. The molecule has 0 unspecified atom stereocenters. The first-order chi connectivity index (χ1) is 16.2. The molecule has 3 rings (SSSR count). The molecule has 1 fully saturated rings. The number of halogens is 2. The summed E-state index contributed by atoms with van der Waals surface area (Å²) in [5.74, 6) is -1.61. The number of benzene rings is 1. The third kappa shape index (κ3) is 7.55. The Hall–Kier alpha value is -2.88. The fourth-order valence-electron chi connectivity index (χ4n) is 3.96. The molecule has 1 aliphatic heterocycles. The number of rotatable bonds is 8. The van der Waals surface area contributed by atoms with Gasteiger partial charge in [-0.1, -0.05) is 11.6 Å². The Bertz CT molecular complexity index is 1050. The van der Waals surface area contributed by atoms with Gasteiger partial charge in [0.15, 0.2) is 0 Å². The summed E-state index contributed by atoms with van der Waals surface area (Å²) in [5, 5.41) is 15.6. The van der Waals surface area contributed by atoms with Crippen LogP contribution in [0, 0.1) is 0 Å². The van der Waals surface area contributed by atoms with Crippen LogP contribution in [0.15, 0.2) is 30.5 Å². The number of pyridine rings is 1. The van der Waals surface area contributed by atoms with Crippen molar-refractivity contribution in [3.63, 3.8) is 0 Å². The van der Waals surface area contributed by atoms with Gasteiger partial charge < -0.3 is 25.4 Å². The Morgan fingerprint density at radius 2 is 1.91 bits per heavy atom. The standard InChI is InChI=1S/C24H29ClN4O5.ClH/c1-14(2)29-8-6-17(7-9-29)27-23(31)19-10-15(24(32)33)11-20(34-3)18(19)12-22(30)28-21-5-4-16(25)13-26-21;/h4-5,10-11,13-14,17H,6-9,12H2,1-3H3,(H,27,31)(H,32,33)(H,26,28,30);1H. The average Bonchev–Trinajstić information content (AvgIpc) is 2.80. The Labute approximate surface area is 215 Å². The lowest BCUT2D eigenvalue weighted by Crippen LogP contribution is -2.46. The zero-order valence-corrected chi connectivity index (χ0v) is 21.4. The first-order valence-electron chi connectivity index (χ1n) is 11.1. The number of piperidine rings is 1. The van der Waals surface area contributed by atoms with E-state index in [9.17, 15) is 19.5 Å². The average molecular weight is 525 g/mol. The summed E-state index contributed by atoms with van der Waals surface area (Å²) in [4.78, 5) is 44.0. The van der Waals surface area contributed by atoms with Crippen LogP contribution < -0.4 is 15.4 Å². The minimum absolute atomic E-state index is 0. The molecule has 0 atom stereocenters. The number of methoxy groups -OCH3 is 1. The van der Waals surface area contributed by atoms with Crippen LogP contribution in [0.3, 0.4) is 0 Å². The van der Waals surface area contributed by atoms with Gasteiger partial charge >= 0.3 is 5.97 Å². The van der Waals surface area contributed by atoms with Crippen molar-refractivity contribution in [3.8, 4) is 5.75 Å². The first kappa shape index (κ1) is 28.4. The third-order valence-electron chi connectivity index (χ3n) is 5.85. The van der Waals surface area contributed by atoms with Gasteiger partial charge in [0.2, 0.25) is 5.91 Å². The number of nitrogens with one attached hydrogen (secondary N) is 2. The number of carboxylic acid groups (broad SMARTS) is 1. The van der Waals surface area contributed by atoms with Crippen molar-refractivity contribution in [2.24, 2.45) is 0 Å². The lowest BCUT2D eigenvalue weighted by Gasteiger charge is -2.35. The van der Waals surface area contributed by atoms with E-state index in [-0.39, 0.29) is 41.7 Å². The summed E-state index contributed by atoms with van der Waals surface area (Å²) >= 11 is 5.83. The molecule has 190 valence electrons. The van der Waals surface area contributed by atoms with Gasteiger partial charge in [-0.05, 0) is 51.0 Å². The number of ether oxygens (including phenoxy) is 1. The van der Waals surface area contributed by atoms with Crippen molar-refractivity contribution in [2.75, 3.05) is 25.5 Å². The van der Waals surface area contributed by atoms with Crippen LogP contribution >= 0.6 is 24.0 Å². The van der Waals surface area contributed by atoms with Gasteiger partial charge in [-0.3, -0.25) is 9.59 Å². The molecule has 2 heterocycles. The topological polar surface area (TPSA) is 121 Å². The molecule has 0 spiro atoms. The molecule has 11 heteroatoms. The zero-order chi connectivity index (χ0) is 24.8. The molecule has 0 bridgehead atoms. The first-order valence-corrected chi connectivity index (χ1v) is 11.5. The number of carboxylic acids is 1. The molecular formula is C24H30Cl2N4O5. The van der Waals surface area contributed by atoms with Gasteiger partial charge in [-0.15, -0.1) is 12.4 Å². The van der Waals surface area contributed by atoms with Crippen molar-refractivity contribution in [2.45, 2.75) is 45.2 Å². The van der Waals surface area contributed by atoms with Crippen LogP contribution in [0.4, 0.5) is 5.82 Å². The second kappa shape index (κ2) is 12.7. The molecule has 35 heavy (non-hydrogen) atoms. The fraction of sp³-hybridized carbons (Fsp3) is 0.417. The maximum atomic E-state index is 13.2.